The average molecular weight is 358 g/mol. The Balaban J connectivity index is 1.81. The summed E-state index contributed by atoms with van der Waals surface area (Å²) in [6.45, 7) is 1.80. The Hall–Kier alpha value is -3.80. The summed E-state index contributed by atoms with van der Waals surface area (Å²) in [5.41, 5.74) is 1.77. The van der Waals surface area contributed by atoms with Crippen molar-refractivity contribution in [2.24, 2.45) is 4.99 Å². The number of carbonyl (C=O) groups is 1. The molecule has 0 aromatic heterocycles. The summed E-state index contributed by atoms with van der Waals surface area (Å²) in [5.74, 6) is -0.685. The molecule has 0 aliphatic carbocycles. The summed E-state index contributed by atoms with van der Waals surface area (Å²) in [6, 6.07) is 18.2. The summed E-state index contributed by atoms with van der Waals surface area (Å²) in [4.78, 5) is 27.3. The molecule has 0 radical (unpaired) electrons. The fourth-order valence-corrected chi connectivity index (χ4v) is 3.03. The van der Waals surface area contributed by atoms with Crippen molar-refractivity contribution in [1.29, 1.82) is 0 Å². The van der Waals surface area contributed by atoms with Crippen LogP contribution in [0.2, 0.25) is 0 Å². The number of rotatable bonds is 3. The van der Waals surface area contributed by atoms with Gasteiger partial charge in [-0.1, -0.05) is 48.5 Å². The normalized spacial score (nSPS) is 15.1. The first-order chi connectivity index (χ1) is 13.0. The van der Waals surface area contributed by atoms with Gasteiger partial charge in [0.25, 0.3) is 5.69 Å². The molecule has 0 fully saturated rings. The molecule has 0 bridgehead atoms. The van der Waals surface area contributed by atoms with E-state index in [1.807, 2.05) is 42.5 Å². The van der Waals surface area contributed by atoms with Gasteiger partial charge in [-0.15, -0.1) is 0 Å². The van der Waals surface area contributed by atoms with Gasteiger partial charge in [-0.25, -0.2) is 9.79 Å². The van der Waals surface area contributed by atoms with E-state index in [0.29, 0.717) is 0 Å². The van der Waals surface area contributed by atoms with Crippen molar-refractivity contribution < 1.29 is 14.5 Å². The molecule has 3 aromatic rings. The maximum Gasteiger partial charge on any atom is 0.363 e. The molecule has 27 heavy (non-hydrogen) atoms. The predicted molar refractivity (Wildman–Crippen MR) is 102 cm³/mol. The van der Waals surface area contributed by atoms with Crippen LogP contribution in [0.25, 0.3) is 16.8 Å². The average Bonchev–Trinajstić information content (AvgIpc) is 3.02. The molecule has 0 N–H and O–H groups in total. The van der Waals surface area contributed by atoms with E-state index in [9.17, 15) is 14.9 Å². The van der Waals surface area contributed by atoms with E-state index in [-0.39, 0.29) is 22.8 Å². The van der Waals surface area contributed by atoms with Crippen molar-refractivity contribution in [1.82, 2.24) is 0 Å². The fraction of sp³-hybridized carbons (Fsp3) is 0.0476. The van der Waals surface area contributed by atoms with Crippen LogP contribution in [-0.4, -0.2) is 16.8 Å². The second-order valence-corrected chi connectivity index (χ2v) is 6.18. The van der Waals surface area contributed by atoms with Crippen molar-refractivity contribution in [2.45, 2.75) is 6.92 Å². The number of nitro groups is 1. The molecule has 0 atom stereocenters. The zero-order valence-corrected chi connectivity index (χ0v) is 14.4. The number of hydrogen-bond acceptors (Lipinski definition) is 5. The highest BCUT2D eigenvalue weighted by atomic mass is 16.6. The number of carbonyl (C=O) groups excluding carboxylic acids is 1. The van der Waals surface area contributed by atoms with Gasteiger partial charge in [0, 0.05) is 6.07 Å². The molecule has 4 rings (SSSR count). The number of hydrogen-bond donors (Lipinski definition) is 0. The number of nitrogens with zero attached hydrogens (tertiary/aromatic N) is 2. The lowest BCUT2D eigenvalue weighted by Crippen LogP contribution is -2.08. The van der Waals surface area contributed by atoms with Crippen LogP contribution in [0.15, 0.2) is 71.4 Å². The molecule has 1 aliphatic rings. The molecular formula is C21H14N2O4. The first-order valence-corrected chi connectivity index (χ1v) is 8.29. The van der Waals surface area contributed by atoms with Crippen LogP contribution in [-0.2, 0) is 9.53 Å². The van der Waals surface area contributed by atoms with E-state index in [4.69, 9.17) is 4.74 Å². The number of aryl methyl sites for hydroxylation is 1. The smallest absolute Gasteiger partial charge is 0.363 e. The van der Waals surface area contributed by atoms with Gasteiger partial charge >= 0.3 is 5.97 Å². The molecule has 132 valence electrons. The van der Waals surface area contributed by atoms with Gasteiger partial charge in [-0.3, -0.25) is 10.1 Å². The second kappa shape index (κ2) is 6.49. The Labute approximate surface area is 154 Å². The number of fused-ring (bicyclic) bond motifs is 1. The van der Waals surface area contributed by atoms with E-state index in [1.54, 1.807) is 25.1 Å². The Morgan fingerprint density at radius 3 is 2.67 bits per heavy atom. The maximum atomic E-state index is 12.3. The Kier molecular flexibility index (Phi) is 4.01. The van der Waals surface area contributed by atoms with Gasteiger partial charge in [-0.2, -0.15) is 0 Å². The van der Waals surface area contributed by atoms with Gasteiger partial charge in [0.15, 0.2) is 5.70 Å². The molecule has 0 saturated heterocycles. The molecule has 1 aliphatic heterocycles. The lowest BCUT2D eigenvalue weighted by atomic mass is 10.0. The summed E-state index contributed by atoms with van der Waals surface area (Å²) in [5, 5.41) is 13.3. The highest BCUT2D eigenvalue weighted by Gasteiger charge is 2.29. The van der Waals surface area contributed by atoms with Crippen LogP contribution in [0.5, 0.6) is 0 Å². The van der Waals surface area contributed by atoms with Crippen LogP contribution < -0.4 is 0 Å². The zero-order chi connectivity index (χ0) is 19.0. The minimum Gasteiger partial charge on any atom is -0.402 e. The zero-order valence-electron chi connectivity index (χ0n) is 14.4. The predicted octanol–water partition coefficient (Wildman–Crippen LogP) is 4.40. The van der Waals surface area contributed by atoms with E-state index in [1.165, 1.54) is 6.07 Å². The Morgan fingerprint density at radius 1 is 1.07 bits per heavy atom. The number of nitro benzene ring substituents is 1. The van der Waals surface area contributed by atoms with Crippen LogP contribution in [0.3, 0.4) is 0 Å². The van der Waals surface area contributed by atoms with Crippen molar-refractivity contribution in [3.05, 3.63) is 93.2 Å². The van der Waals surface area contributed by atoms with Crippen molar-refractivity contribution in [3.63, 3.8) is 0 Å². The third kappa shape index (κ3) is 3.08. The molecule has 0 amide bonds. The maximum absolute atomic E-state index is 12.3. The number of benzene rings is 3. The van der Waals surface area contributed by atoms with E-state index in [2.05, 4.69) is 4.99 Å². The van der Waals surface area contributed by atoms with Gasteiger partial charge in [0.1, 0.15) is 5.56 Å². The lowest BCUT2D eigenvalue weighted by Gasteiger charge is -2.02. The standard InChI is InChI=1S/C21H14N2O4/c1-13-9-10-19(23(25)26)17(11-13)20-22-18(21(24)27-20)12-15-7-4-6-14-5-2-3-8-16(14)15/h2-12H,1H3. The molecule has 0 saturated carbocycles. The monoisotopic (exact) mass is 358 g/mol. The quantitative estimate of drug-likeness (QED) is 0.301. The van der Waals surface area contributed by atoms with Gasteiger partial charge in [-0.05, 0) is 41.0 Å². The SMILES string of the molecule is Cc1ccc([N+](=O)[O-])c(C2=NC(=Cc3cccc4ccccc34)C(=O)O2)c1. The molecule has 6 heteroatoms. The molecule has 3 aromatic carbocycles. The van der Waals surface area contributed by atoms with Crippen LogP contribution >= 0.6 is 0 Å². The number of cyclic esters (lactones) is 1. The minimum atomic E-state index is -0.631. The summed E-state index contributed by atoms with van der Waals surface area (Å²) >= 11 is 0. The van der Waals surface area contributed by atoms with Crippen molar-refractivity contribution >= 4 is 34.4 Å². The largest absolute Gasteiger partial charge is 0.402 e. The molecule has 6 nitrogen and oxygen atoms in total. The second-order valence-electron chi connectivity index (χ2n) is 6.18. The van der Waals surface area contributed by atoms with Crippen LogP contribution in [0.1, 0.15) is 16.7 Å². The number of ether oxygens (including phenoxy) is 1. The lowest BCUT2D eigenvalue weighted by molar-refractivity contribution is -0.385. The topological polar surface area (TPSA) is 81.8 Å². The van der Waals surface area contributed by atoms with Gasteiger partial charge < -0.3 is 4.74 Å². The summed E-state index contributed by atoms with van der Waals surface area (Å²) in [6.07, 6.45) is 1.64. The van der Waals surface area contributed by atoms with Crippen molar-refractivity contribution in [2.75, 3.05) is 0 Å². The molecule has 0 spiro atoms. The molecule has 0 unspecified atom stereocenters. The highest BCUT2D eigenvalue weighted by Crippen LogP contribution is 2.27. The third-order valence-electron chi connectivity index (χ3n) is 4.32. The van der Waals surface area contributed by atoms with E-state index >= 15 is 0 Å². The summed E-state index contributed by atoms with van der Waals surface area (Å²) < 4.78 is 5.23. The molecule has 1 heterocycles. The van der Waals surface area contributed by atoms with Crippen LogP contribution in [0.4, 0.5) is 5.69 Å². The summed E-state index contributed by atoms with van der Waals surface area (Å²) in [7, 11) is 0. The fourth-order valence-electron chi connectivity index (χ4n) is 3.03. The first-order valence-electron chi connectivity index (χ1n) is 8.29. The number of esters is 1. The Morgan fingerprint density at radius 2 is 1.85 bits per heavy atom. The first kappa shape index (κ1) is 16.7. The molecular weight excluding hydrogens is 344 g/mol. The van der Waals surface area contributed by atoms with E-state index in [0.717, 1.165) is 21.9 Å². The van der Waals surface area contributed by atoms with Gasteiger partial charge in [0.05, 0.1) is 4.92 Å². The van der Waals surface area contributed by atoms with Crippen molar-refractivity contribution in [3.8, 4) is 0 Å². The third-order valence-corrected chi connectivity index (χ3v) is 4.32. The Bertz CT molecular complexity index is 1160. The minimum absolute atomic E-state index is 0.0538. The highest BCUT2D eigenvalue weighted by molar-refractivity contribution is 6.14. The number of aliphatic imine (C=N–C) groups is 1. The van der Waals surface area contributed by atoms with E-state index < -0.39 is 10.9 Å². The van der Waals surface area contributed by atoms with Gasteiger partial charge in [0.2, 0.25) is 5.90 Å². The van der Waals surface area contributed by atoms with Crippen LogP contribution in [0, 0.1) is 17.0 Å².